The predicted molar refractivity (Wildman–Crippen MR) is 58.0 cm³/mol. The number of rotatable bonds is 2. The number of amidine groups is 1. The van der Waals surface area contributed by atoms with Crippen LogP contribution in [-0.4, -0.2) is 11.9 Å². The van der Waals surface area contributed by atoms with Crippen molar-refractivity contribution in [2.45, 2.75) is 58.9 Å². The zero-order valence-corrected chi connectivity index (χ0v) is 9.14. The molecule has 0 saturated heterocycles. The molecule has 0 aliphatic heterocycles. The van der Waals surface area contributed by atoms with Crippen molar-refractivity contribution in [2.24, 2.45) is 16.1 Å². The molecule has 1 aliphatic rings. The number of nitrogens with zero attached hydrogens (tertiary/aromatic N) is 1. The van der Waals surface area contributed by atoms with Gasteiger partial charge in [0.1, 0.15) is 0 Å². The molecule has 1 fully saturated rings. The molecule has 0 amide bonds. The van der Waals surface area contributed by atoms with Crippen LogP contribution < -0.4 is 5.73 Å². The highest BCUT2D eigenvalue weighted by atomic mass is 14.9. The summed E-state index contributed by atoms with van der Waals surface area (Å²) in [6.07, 6.45) is 5.96. The highest BCUT2D eigenvalue weighted by Gasteiger charge is 2.27. The summed E-state index contributed by atoms with van der Waals surface area (Å²) in [7, 11) is 0. The van der Waals surface area contributed by atoms with Crippen LogP contribution in [0, 0.1) is 5.41 Å². The van der Waals surface area contributed by atoms with Gasteiger partial charge in [-0.05, 0) is 24.7 Å². The van der Waals surface area contributed by atoms with E-state index in [1.807, 2.05) is 0 Å². The molecule has 1 unspecified atom stereocenters. The van der Waals surface area contributed by atoms with E-state index in [-0.39, 0.29) is 0 Å². The summed E-state index contributed by atoms with van der Waals surface area (Å²) in [4.78, 5) is 4.54. The van der Waals surface area contributed by atoms with Gasteiger partial charge in [-0.2, -0.15) is 0 Å². The van der Waals surface area contributed by atoms with Crippen molar-refractivity contribution in [3.8, 4) is 0 Å². The second kappa shape index (κ2) is 4.12. The van der Waals surface area contributed by atoms with Crippen molar-refractivity contribution < 1.29 is 0 Å². The average molecular weight is 182 g/mol. The van der Waals surface area contributed by atoms with Gasteiger partial charge in [-0.1, -0.05) is 27.2 Å². The SMILES string of the molecule is CCC(N)=NC1CCCC(C)(C)C1. The van der Waals surface area contributed by atoms with E-state index in [0.717, 1.165) is 12.3 Å². The minimum Gasteiger partial charge on any atom is -0.387 e. The third-order valence-electron chi connectivity index (χ3n) is 2.89. The first-order valence-electron chi connectivity index (χ1n) is 5.35. The zero-order chi connectivity index (χ0) is 9.90. The average Bonchev–Trinajstić information content (AvgIpc) is 2.02. The first-order valence-corrected chi connectivity index (χ1v) is 5.35. The largest absolute Gasteiger partial charge is 0.387 e. The van der Waals surface area contributed by atoms with Crippen LogP contribution in [0.15, 0.2) is 4.99 Å². The van der Waals surface area contributed by atoms with E-state index >= 15 is 0 Å². The molecule has 2 N–H and O–H groups in total. The Morgan fingerprint density at radius 1 is 1.54 bits per heavy atom. The second-order valence-electron chi connectivity index (χ2n) is 4.89. The van der Waals surface area contributed by atoms with Crippen LogP contribution in [0.4, 0.5) is 0 Å². The lowest BCUT2D eigenvalue weighted by atomic mass is 9.75. The summed E-state index contributed by atoms with van der Waals surface area (Å²) in [5, 5.41) is 0. The Balaban J connectivity index is 2.52. The summed E-state index contributed by atoms with van der Waals surface area (Å²) >= 11 is 0. The number of hydrogen-bond donors (Lipinski definition) is 1. The lowest BCUT2D eigenvalue weighted by Gasteiger charge is -2.33. The van der Waals surface area contributed by atoms with Crippen LogP contribution in [0.2, 0.25) is 0 Å². The van der Waals surface area contributed by atoms with Gasteiger partial charge in [0.05, 0.1) is 11.9 Å². The van der Waals surface area contributed by atoms with Crippen molar-refractivity contribution in [3.63, 3.8) is 0 Å². The van der Waals surface area contributed by atoms with Crippen molar-refractivity contribution >= 4 is 5.84 Å². The van der Waals surface area contributed by atoms with Gasteiger partial charge in [-0.15, -0.1) is 0 Å². The van der Waals surface area contributed by atoms with E-state index in [1.165, 1.54) is 25.7 Å². The standard InChI is InChI=1S/C11H22N2/c1-4-10(12)13-9-6-5-7-11(2,3)8-9/h9H,4-8H2,1-3H3,(H2,12,13). The summed E-state index contributed by atoms with van der Waals surface area (Å²) in [6, 6.07) is 0.490. The van der Waals surface area contributed by atoms with Crippen molar-refractivity contribution in [3.05, 3.63) is 0 Å². The molecule has 13 heavy (non-hydrogen) atoms. The molecule has 0 spiro atoms. The van der Waals surface area contributed by atoms with E-state index in [9.17, 15) is 0 Å². The lowest BCUT2D eigenvalue weighted by molar-refractivity contribution is 0.222. The molecule has 0 radical (unpaired) electrons. The molecular formula is C11H22N2. The van der Waals surface area contributed by atoms with Crippen molar-refractivity contribution in [1.29, 1.82) is 0 Å². The normalized spacial score (nSPS) is 28.8. The fourth-order valence-electron chi connectivity index (χ4n) is 2.09. The fraction of sp³-hybridized carbons (Fsp3) is 0.909. The Labute approximate surface area is 81.6 Å². The molecule has 2 heteroatoms. The lowest BCUT2D eigenvalue weighted by Crippen LogP contribution is -2.27. The summed E-state index contributed by atoms with van der Waals surface area (Å²) < 4.78 is 0. The van der Waals surface area contributed by atoms with Gasteiger partial charge in [0.15, 0.2) is 0 Å². The van der Waals surface area contributed by atoms with Gasteiger partial charge in [-0.25, -0.2) is 0 Å². The molecular weight excluding hydrogens is 160 g/mol. The van der Waals surface area contributed by atoms with Crippen LogP contribution in [0.25, 0.3) is 0 Å². The van der Waals surface area contributed by atoms with E-state index < -0.39 is 0 Å². The quantitative estimate of drug-likeness (QED) is 0.517. The number of nitrogens with two attached hydrogens (primary N) is 1. The van der Waals surface area contributed by atoms with Crippen LogP contribution >= 0.6 is 0 Å². The van der Waals surface area contributed by atoms with Crippen LogP contribution in [0.3, 0.4) is 0 Å². The highest BCUT2D eigenvalue weighted by Crippen LogP contribution is 2.36. The van der Waals surface area contributed by atoms with Gasteiger partial charge >= 0.3 is 0 Å². The summed E-state index contributed by atoms with van der Waals surface area (Å²) in [6.45, 7) is 6.72. The molecule has 0 bridgehead atoms. The zero-order valence-electron chi connectivity index (χ0n) is 9.14. The summed E-state index contributed by atoms with van der Waals surface area (Å²) in [5.41, 5.74) is 6.22. The minimum atomic E-state index is 0.473. The van der Waals surface area contributed by atoms with Crippen LogP contribution in [-0.2, 0) is 0 Å². The summed E-state index contributed by atoms with van der Waals surface area (Å²) in [5.74, 6) is 0.822. The Morgan fingerprint density at radius 3 is 2.77 bits per heavy atom. The van der Waals surface area contributed by atoms with E-state index in [4.69, 9.17) is 5.73 Å². The van der Waals surface area contributed by atoms with Crippen LogP contribution in [0.5, 0.6) is 0 Å². The first kappa shape index (κ1) is 10.6. The fourth-order valence-corrected chi connectivity index (χ4v) is 2.09. The van der Waals surface area contributed by atoms with Gasteiger partial charge in [-0.3, -0.25) is 4.99 Å². The Hall–Kier alpha value is -0.530. The first-order chi connectivity index (χ1) is 6.03. The Morgan fingerprint density at radius 2 is 2.23 bits per heavy atom. The molecule has 1 atom stereocenters. The third-order valence-corrected chi connectivity index (χ3v) is 2.89. The highest BCUT2D eigenvalue weighted by molar-refractivity contribution is 5.80. The maximum atomic E-state index is 5.74. The maximum Gasteiger partial charge on any atom is 0.0937 e. The molecule has 0 aromatic carbocycles. The maximum absolute atomic E-state index is 5.74. The van der Waals surface area contributed by atoms with Gasteiger partial charge < -0.3 is 5.73 Å². The Bertz CT molecular complexity index is 194. The van der Waals surface area contributed by atoms with E-state index in [2.05, 4.69) is 25.8 Å². The molecule has 76 valence electrons. The molecule has 1 saturated carbocycles. The van der Waals surface area contributed by atoms with Crippen molar-refractivity contribution in [2.75, 3.05) is 0 Å². The molecule has 1 rings (SSSR count). The third kappa shape index (κ3) is 3.37. The molecule has 0 aromatic rings. The predicted octanol–water partition coefficient (Wildman–Crippen LogP) is 2.72. The van der Waals surface area contributed by atoms with Gasteiger partial charge in [0.2, 0.25) is 0 Å². The molecule has 0 aromatic heterocycles. The van der Waals surface area contributed by atoms with E-state index in [0.29, 0.717) is 11.5 Å². The van der Waals surface area contributed by atoms with E-state index in [1.54, 1.807) is 0 Å². The van der Waals surface area contributed by atoms with Crippen molar-refractivity contribution in [1.82, 2.24) is 0 Å². The number of hydrogen-bond acceptors (Lipinski definition) is 1. The topological polar surface area (TPSA) is 38.4 Å². The molecule has 0 heterocycles. The monoisotopic (exact) mass is 182 g/mol. The Kier molecular flexibility index (Phi) is 3.34. The minimum absolute atomic E-state index is 0.473. The van der Waals surface area contributed by atoms with Gasteiger partial charge in [0.25, 0.3) is 0 Å². The second-order valence-corrected chi connectivity index (χ2v) is 4.89. The smallest absolute Gasteiger partial charge is 0.0937 e. The molecule has 1 aliphatic carbocycles. The van der Waals surface area contributed by atoms with Crippen LogP contribution in [0.1, 0.15) is 52.9 Å². The molecule has 2 nitrogen and oxygen atoms in total. The number of aliphatic imine (C=N–C) groups is 1. The van der Waals surface area contributed by atoms with Gasteiger partial charge in [0, 0.05) is 6.42 Å².